The van der Waals surface area contributed by atoms with E-state index in [0.29, 0.717) is 48.7 Å². The second-order valence-corrected chi connectivity index (χ2v) is 12.0. The largest absolute Gasteiger partial charge is 0.497 e. The van der Waals surface area contributed by atoms with E-state index >= 15 is 0 Å². The van der Waals surface area contributed by atoms with Crippen LogP contribution in [0.5, 0.6) is 11.5 Å². The zero-order valence-corrected chi connectivity index (χ0v) is 27.0. The number of carbonyl (C=O) groups excluding carboxylic acids is 3. The highest BCUT2D eigenvalue weighted by atomic mass is 16.5. The summed E-state index contributed by atoms with van der Waals surface area (Å²) in [7, 11) is 1.57. The average molecular weight is 632 g/mol. The molecule has 3 saturated heterocycles. The zero-order valence-electron chi connectivity index (χ0n) is 27.0. The van der Waals surface area contributed by atoms with Gasteiger partial charge in [0.05, 0.1) is 31.2 Å². The first-order valence-electron chi connectivity index (χ1n) is 16.1. The molecule has 2 aromatic rings. The lowest BCUT2D eigenvalue weighted by Crippen LogP contribution is -2.56. The summed E-state index contributed by atoms with van der Waals surface area (Å²) in [5.74, 6) is -1.18. The molecule has 3 amide bonds. The fourth-order valence-electron chi connectivity index (χ4n) is 7.72. The third kappa shape index (κ3) is 5.47. The fraction of sp³-hybridized carbons (Fsp3) is 0.472. The minimum absolute atomic E-state index is 0.149. The van der Waals surface area contributed by atoms with Crippen molar-refractivity contribution in [3.8, 4) is 11.5 Å². The average Bonchev–Trinajstić information content (AvgIpc) is 3.68. The molecule has 0 aliphatic carbocycles. The predicted octanol–water partition coefficient (Wildman–Crippen LogP) is 4.37. The van der Waals surface area contributed by atoms with Crippen LogP contribution in [0.4, 0.5) is 11.4 Å². The lowest BCUT2D eigenvalue weighted by Gasteiger charge is -2.37. The Hall–Kier alpha value is -4.15. The Labute approximate surface area is 271 Å². The van der Waals surface area contributed by atoms with Gasteiger partial charge >= 0.3 is 0 Å². The van der Waals surface area contributed by atoms with Crippen molar-refractivity contribution >= 4 is 29.1 Å². The van der Waals surface area contributed by atoms with E-state index in [2.05, 4.69) is 13.2 Å². The fourth-order valence-corrected chi connectivity index (χ4v) is 7.72. The Kier molecular flexibility index (Phi) is 9.88. The van der Waals surface area contributed by atoms with E-state index in [1.807, 2.05) is 38.1 Å². The minimum atomic E-state index is -1.20. The summed E-state index contributed by atoms with van der Waals surface area (Å²) < 4.78 is 17.9. The van der Waals surface area contributed by atoms with Crippen LogP contribution in [0.2, 0.25) is 0 Å². The number of ether oxygens (including phenoxy) is 3. The molecule has 1 spiro atoms. The lowest BCUT2D eigenvalue weighted by atomic mass is 9.64. The van der Waals surface area contributed by atoms with Crippen molar-refractivity contribution in [2.24, 2.45) is 11.8 Å². The highest BCUT2D eigenvalue weighted by molar-refractivity contribution is 6.07. The van der Waals surface area contributed by atoms with Gasteiger partial charge in [-0.1, -0.05) is 19.1 Å². The summed E-state index contributed by atoms with van der Waals surface area (Å²) in [6.45, 7) is 12.6. The van der Waals surface area contributed by atoms with Gasteiger partial charge in [0.25, 0.3) is 5.91 Å². The number of benzene rings is 2. The second-order valence-electron chi connectivity index (χ2n) is 12.0. The number of anilines is 2. The number of nitrogens with zero attached hydrogens (tertiary/aromatic N) is 3. The van der Waals surface area contributed by atoms with E-state index in [4.69, 9.17) is 14.2 Å². The summed E-state index contributed by atoms with van der Waals surface area (Å²) in [6, 6.07) is 13.4. The molecule has 5 atom stereocenters. The summed E-state index contributed by atoms with van der Waals surface area (Å²) in [6.07, 6.45) is 5.10. The predicted molar refractivity (Wildman–Crippen MR) is 176 cm³/mol. The number of aliphatic hydroxyl groups excluding tert-OH is 1. The van der Waals surface area contributed by atoms with Gasteiger partial charge in [-0.3, -0.25) is 14.4 Å². The first kappa shape index (κ1) is 33.2. The summed E-state index contributed by atoms with van der Waals surface area (Å²) in [4.78, 5) is 48.8. The van der Waals surface area contributed by atoms with Crippen LogP contribution in [0.15, 0.2) is 73.8 Å². The number of likely N-dealkylation sites (tertiary alicyclic amines) is 1. The number of carbonyl (C=O) groups is 3. The molecule has 46 heavy (non-hydrogen) atoms. The maximum absolute atomic E-state index is 14.7. The molecule has 2 unspecified atom stereocenters. The SMILES string of the molecule is C=CCN(C(=O)C1N(CCCO)C(=O)[C@@H]2[C@H](C(=O)N(CC=C)c3ccc(OCC)cc3)[C@]3(CC)CCC12O3)c1ccc(OC)cc1. The van der Waals surface area contributed by atoms with Crippen LogP contribution < -0.4 is 19.3 Å². The molecule has 3 aliphatic heterocycles. The van der Waals surface area contributed by atoms with Crippen LogP contribution in [0.1, 0.15) is 39.5 Å². The van der Waals surface area contributed by atoms with Crippen molar-refractivity contribution in [3.63, 3.8) is 0 Å². The Morgan fingerprint density at radius 2 is 1.57 bits per heavy atom. The number of fused-ring (bicyclic) bond motifs is 1. The summed E-state index contributed by atoms with van der Waals surface area (Å²) in [5.41, 5.74) is -0.834. The molecule has 1 N–H and O–H groups in total. The van der Waals surface area contributed by atoms with Crippen LogP contribution >= 0.6 is 0 Å². The first-order valence-corrected chi connectivity index (χ1v) is 16.1. The molecule has 10 nitrogen and oxygen atoms in total. The lowest BCUT2D eigenvalue weighted by molar-refractivity contribution is -0.146. The quantitative estimate of drug-likeness (QED) is 0.291. The highest BCUT2D eigenvalue weighted by Crippen LogP contribution is 2.64. The molecule has 0 saturated carbocycles. The molecule has 3 aliphatic rings. The van der Waals surface area contributed by atoms with Gasteiger partial charge in [-0.05, 0) is 81.1 Å². The normalized spacial score (nSPS) is 26.0. The van der Waals surface area contributed by atoms with Crippen molar-refractivity contribution in [3.05, 3.63) is 73.8 Å². The van der Waals surface area contributed by atoms with E-state index in [-0.39, 0.29) is 50.4 Å². The molecule has 2 aromatic carbocycles. The van der Waals surface area contributed by atoms with Gasteiger partial charge in [0.2, 0.25) is 11.8 Å². The van der Waals surface area contributed by atoms with Crippen molar-refractivity contribution in [1.29, 1.82) is 0 Å². The Bertz CT molecular complexity index is 1440. The Morgan fingerprint density at radius 1 is 0.978 bits per heavy atom. The molecule has 5 rings (SSSR count). The molecule has 2 bridgehead atoms. The molecule has 10 heteroatoms. The van der Waals surface area contributed by atoms with Gasteiger partial charge in [-0.2, -0.15) is 0 Å². The maximum Gasteiger partial charge on any atom is 0.253 e. The monoisotopic (exact) mass is 631 g/mol. The first-order chi connectivity index (χ1) is 22.2. The maximum atomic E-state index is 14.7. The third-order valence-electron chi connectivity index (χ3n) is 9.74. The van der Waals surface area contributed by atoms with Gasteiger partial charge < -0.3 is 34.0 Å². The molecule has 0 aromatic heterocycles. The van der Waals surface area contributed by atoms with Crippen LogP contribution in [0.3, 0.4) is 0 Å². The topological polar surface area (TPSA) is 109 Å². The van der Waals surface area contributed by atoms with Crippen molar-refractivity contribution in [2.75, 3.05) is 49.8 Å². The van der Waals surface area contributed by atoms with Gasteiger partial charge in [0, 0.05) is 37.6 Å². The van der Waals surface area contributed by atoms with Crippen molar-refractivity contribution in [1.82, 2.24) is 4.90 Å². The Morgan fingerprint density at radius 3 is 2.09 bits per heavy atom. The second kappa shape index (κ2) is 13.7. The van der Waals surface area contributed by atoms with E-state index in [1.54, 1.807) is 58.2 Å². The molecule has 3 heterocycles. The van der Waals surface area contributed by atoms with Gasteiger partial charge in [-0.15, -0.1) is 13.2 Å². The van der Waals surface area contributed by atoms with Gasteiger partial charge in [0.1, 0.15) is 23.1 Å². The third-order valence-corrected chi connectivity index (χ3v) is 9.74. The minimum Gasteiger partial charge on any atom is -0.497 e. The van der Waals surface area contributed by atoms with Gasteiger partial charge in [0.15, 0.2) is 0 Å². The van der Waals surface area contributed by atoms with E-state index in [9.17, 15) is 19.5 Å². The van der Waals surface area contributed by atoms with Crippen LogP contribution in [0, 0.1) is 11.8 Å². The van der Waals surface area contributed by atoms with Crippen LogP contribution in [-0.2, 0) is 19.1 Å². The summed E-state index contributed by atoms with van der Waals surface area (Å²) >= 11 is 0. The van der Waals surface area contributed by atoms with Crippen LogP contribution in [0.25, 0.3) is 0 Å². The molecular weight excluding hydrogens is 586 g/mol. The van der Waals surface area contributed by atoms with E-state index in [1.165, 1.54) is 0 Å². The molecule has 3 fully saturated rings. The number of aliphatic hydroxyl groups is 1. The summed E-state index contributed by atoms with van der Waals surface area (Å²) in [5, 5.41) is 9.75. The number of amides is 3. The van der Waals surface area contributed by atoms with Crippen molar-refractivity contribution < 1.29 is 33.7 Å². The standard InChI is InChI=1S/C36H45N3O7/c1-6-21-37(25-13-17-28(18-14-25)45-9-4)32(41)29-30-33(42)39(23-10-24-40)31(36(30)20-19-35(29,8-3)46-36)34(43)38(22-7-2)26-11-15-27(44-5)16-12-26/h6-7,11-18,29-31,40H,1-2,8-10,19-24H2,3-5H3/t29-,30+,31?,35+,36?/m1/s1. The van der Waals surface area contributed by atoms with E-state index < -0.39 is 29.1 Å². The molecule has 246 valence electrons. The van der Waals surface area contributed by atoms with Crippen molar-refractivity contribution in [2.45, 2.75) is 56.8 Å². The molecular formula is C36H45N3O7. The van der Waals surface area contributed by atoms with Gasteiger partial charge in [-0.25, -0.2) is 0 Å². The number of hydrogen-bond donors (Lipinski definition) is 1. The van der Waals surface area contributed by atoms with Crippen LogP contribution in [-0.4, -0.2) is 84.9 Å². The number of hydrogen-bond acceptors (Lipinski definition) is 7. The van der Waals surface area contributed by atoms with E-state index in [0.717, 1.165) is 0 Å². The molecule has 0 radical (unpaired) electrons. The number of methoxy groups -OCH3 is 1. The highest BCUT2D eigenvalue weighted by Gasteiger charge is 2.79. The smallest absolute Gasteiger partial charge is 0.253 e. The zero-order chi connectivity index (χ0) is 33.1. The number of rotatable bonds is 15. The Balaban J connectivity index is 1.57.